The number of rotatable bonds is 5. The van der Waals surface area contributed by atoms with Crippen molar-refractivity contribution >= 4 is 5.78 Å². The lowest BCUT2D eigenvalue weighted by molar-refractivity contribution is -0.0500. The fraction of sp³-hybridized carbons (Fsp3) is 0.364. The number of alkyl halides is 4. The molecule has 0 saturated heterocycles. The summed E-state index contributed by atoms with van der Waals surface area (Å²) in [7, 11) is 0. The van der Waals surface area contributed by atoms with Gasteiger partial charge in [-0.15, -0.1) is 0 Å². The molecule has 0 aliphatic carbocycles. The van der Waals surface area contributed by atoms with E-state index in [-0.39, 0.29) is 12.0 Å². The van der Waals surface area contributed by atoms with Crippen LogP contribution in [-0.4, -0.2) is 12.4 Å². The molecule has 0 aromatic heterocycles. The Morgan fingerprint density at radius 3 is 2.35 bits per heavy atom. The van der Waals surface area contributed by atoms with E-state index in [1.54, 1.807) is 6.92 Å². The second-order valence-corrected chi connectivity index (χ2v) is 3.25. The van der Waals surface area contributed by atoms with E-state index in [1.807, 2.05) is 0 Å². The van der Waals surface area contributed by atoms with Gasteiger partial charge in [0.05, 0.1) is 0 Å². The van der Waals surface area contributed by atoms with Crippen LogP contribution in [0.3, 0.4) is 0 Å². The Morgan fingerprint density at radius 2 is 1.88 bits per heavy atom. The third-order valence-electron chi connectivity index (χ3n) is 2.05. The number of carbonyl (C=O) groups is 1. The maximum atomic E-state index is 12.5. The number of halogens is 4. The molecule has 1 aromatic carbocycles. The van der Waals surface area contributed by atoms with Gasteiger partial charge in [-0.25, -0.2) is 8.78 Å². The van der Waals surface area contributed by atoms with Crippen molar-refractivity contribution in [2.75, 3.05) is 0 Å². The second kappa shape index (κ2) is 5.65. The smallest absolute Gasteiger partial charge is 0.387 e. The van der Waals surface area contributed by atoms with Gasteiger partial charge in [0.1, 0.15) is 5.75 Å². The first kappa shape index (κ1) is 13.5. The Labute approximate surface area is 95.2 Å². The summed E-state index contributed by atoms with van der Waals surface area (Å²) in [6, 6.07) is 2.81. The minimum absolute atomic E-state index is 0.0547. The zero-order chi connectivity index (χ0) is 13.0. The van der Waals surface area contributed by atoms with E-state index in [0.29, 0.717) is 0 Å². The Kier molecular flexibility index (Phi) is 4.48. The Hall–Kier alpha value is -1.59. The van der Waals surface area contributed by atoms with Crippen molar-refractivity contribution < 1.29 is 27.1 Å². The molecule has 1 rings (SSSR count). The molecule has 0 aliphatic rings. The van der Waals surface area contributed by atoms with Gasteiger partial charge in [0, 0.05) is 17.5 Å². The van der Waals surface area contributed by atoms with Crippen LogP contribution in [-0.2, 0) is 0 Å². The lowest BCUT2D eigenvalue weighted by Gasteiger charge is -2.09. The number of carbonyl (C=O) groups excluding carboxylic acids is 1. The molecule has 0 heterocycles. The van der Waals surface area contributed by atoms with Gasteiger partial charge in [-0.1, -0.05) is 6.92 Å². The van der Waals surface area contributed by atoms with Crippen molar-refractivity contribution in [3.8, 4) is 5.75 Å². The van der Waals surface area contributed by atoms with E-state index in [4.69, 9.17) is 0 Å². The predicted molar refractivity (Wildman–Crippen MR) is 52.7 cm³/mol. The quantitative estimate of drug-likeness (QED) is 0.586. The summed E-state index contributed by atoms with van der Waals surface area (Å²) in [5, 5.41) is 0. The highest BCUT2D eigenvalue weighted by molar-refractivity contribution is 5.96. The van der Waals surface area contributed by atoms with Crippen molar-refractivity contribution in [3.05, 3.63) is 29.3 Å². The zero-order valence-electron chi connectivity index (χ0n) is 8.92. The fourth-order valence-corrected chi connectivity index (χ4v) is 1.28. The molecule has 0 radical (unpaired) electrons. The Bertz CT molecular complexity index is 404. The Balaban J connectivity index is 3.14. The molecule has 0 N–H and O–H groups in total. The van der Waals surface area contributed by atoms with Crippen LogP contribution in [0.2, 0.25) is 0 Å². The number of hydrogen-bond donors (Lipinski definition) is 0. The molecule has 0 saturated carbocycles. The summed E-state index contributed by atoms with van der Waals surface area (Å²) in [6.07, 6.45) is -2.75. The van der Waals surface area contributed by atoms with E-state index < -0.39 is 30.1 Å². The van der Waals surface area contributed by atoms with Crippen LogP contribution < -0.4 is 4.74 Å². The first-order chi connectivity index (χ1) is 7.93. The van der Waals surface area contributed by atoms with Gasteiger partial charge in [0.25, 0.3) is 6.43 Å². The molecule has 0 spiro atoms. The molecule has 0 fully saturated rings. The number of ether oxygens (including phenoxy) is 1. The van der Waals surface area contributed by atoms with Gasteiger partial charge >= 0.3 is 6.61 Å². The van der Waals surface area contributed by atoms with Crippen molar-refractivity contribution in [1.29, 1.82) is 0 Å². The second-order valence-electron chi connectivity index (χ2n) is 3.25. The third kappa shape index (κ3) is 3.72. The molecular formula is C11H10F4O2. The van der Waals surface area contributed by atoms with E-state index in [0.717, 1.165) is 18.2 Å². The van der Waals surface area contributed by atoms with Crippen LogP contribution in [0.4, 0.5) is 17.6 Å². The maximum Gasteiger partial charge on any atom is 0.387 e. The van der Waals surface area contributed by atoms with Gasteiger partial charge in [0.15, 0.2) is 5.78 Å². The maximum absolute atomic E-state index is 12.5. The normalized spacial score (nSPS) is 11.0. The van der Waals surface area contributed by atoms with Gasteiger partial charge in [0.2, 0.25) is 0 Å². The summed E-state index contributed by atoms with van der Waals surface area (Å²) in [4.78, 5) is 11.3. The van der Waals surface area contributed by atoms with Gasteiger partial charge < -0.3 is 4.74 Å². The van der Waals surface area contributed by atoms with Crippen LogP contribution in [0.5, 0.6) is 5.75 Å². The predicted octanol–water partition coefficient (Wildman–Crippen LogP) is 3.82. The van der Waals surface area contributed by atoms with E-state index in [1.165, 1.54) is 0 Å². The molecule has 0 atom stereocenters. The van der Waals surface area contributed by atoms with Crippen LogP contribution in [0, 0.1) is 0 Å². The van der Waals surface area contributed by atoms with Crippen molar-refractivity contribution in [1.82, 2.24) is 0 Å². The lowest BCUT2D eigenvalue weighted by Crippen LogP contribution is -2.05. The van der Waals surface area contributed by atoms with Crippen molar-refractivity contribution in [3.63, 3.8) is 0 Å². The highest BCUT2D eigenvalue weighted by Crippen LogP contribution is 2.27. The summed E-state index contributed by atoms with van der Waals surface area (Å²) < 4.78 is 52.9. The summed E-state index contributed by atoms with van der Waals surface area (Å²) in [6.45, 7) is -1.57. The molecule has 0 bridgehead atoms. The highest BCUT2D eigenvalue weighted by Gasteiger charge is 2.15. The van der Waals surface area contributed by atoms with Crippen LogP contribution in [0.25, 0.3) is 0 Å². The molecule has 1 aromatic rings. The molecule has 17 heavy (non-hydrogen) atoms. The third-order valence-corrected chi connectivity index (χ3v) is 2.05. The first-order valence-corrected chi connectivity index (χ1v) is 4.85. The lowest BCUT2D eigenvalue weighted by atomic mass is 10.1. The van der Waals surface area contributed by atoms with Crippen LogP contribution in [0.15, 0.2) is 18.2 Å². The highest BCUT2D eigenvalue weighted by atomic mass is 19.3. The number of hydrogen-bond acceptors (Lipinski definition) is 2. The van der Waals surface area contributed by atoms with E-state index in [2.05, 4.69) is 4.74 Å². The number of ketones is 1. The van der Waals surface area contributed by atoms with Gasteiger partial charge in [-0.05, 0) is 18.2 Å². The number of Topliss-reactive ketones (excluding diaryl/α,β-unsaturated/α-hetero) is 1. The Morgan fingerprint density at radius 1 is 1.24 bits per heavy atom. The van der Waals surface area contributed by atoms with Crippen molar-refractivity contribution in [2.45, 2.75) is 26.4 Å². The molecule has 0 aliphatic heterocycles. The molecular weight excluding hydrogens is 240 g/mol. The summed E-state index contributed by atoms with van der Waals surface area (Å²) >= 11 is 0. The van der Waals surface area contributed by atoms with Gasteiger partial charge in [-0.3, -0.25) is 4.79 Å². The van der Waals surface area contributed by atoms with Crippen LogP contribution in [0.1, 0.15) is 35.7 Å². The van der Waals surface area contributed by atoms with Crippen molar-refractivity contribution in [2.24, 2.45) is 0 Å². The molecule has 0 amide bonds. The fourth-order valence-electron chi connectivity index (χ4n) is 1.28. The topological polar surface area (TPSA) is 26.3 Å². The SMILES string of the molecule is CCC(=O)c1cc(OC(F)F)cc(C(F)F)c1. The summed E-state index contributed by atoms with van der Waals surface area (Å²) in [5.74, 6) is -0.846. The minimum atomic E-state index is -3.12. The molecule has 94 valence electrons. The summed E-state index contributed by atoms with van der Waals surface area (Å²) in [5.41, 5.74) is -0.569. The monoisotopic (exact) mass is 250 g/mol. The zero-order valence-corrected chi connectivity index (χ0v) is 8.92. The molecule has 2 nitrogen and oxygen atoms in total. The first-order valence-electron chi connectivity index (χ1n) is 4.85. The van der Waals surface area contributed by atoms with E-state index in [9.17, 15) is 22.4 Å². The standard InChI is InChI=1S/C11H10F4O2/c1-2-9(16)6-3-7(10(12)13)5-8(4-6)17-11(14)15/h3-5,10-11H,2H2,1H3. The van der Waals surface area contributed by atoms with E-state index >= 15 is 0 Å². The largest absolute Gasteiger partial charge is 0.435 e. The molecule has 6 heteroatoms. The van der Waals surface area contributed by atoms with Gasteiger partial charge in [-0.2, -0.15) is 8.78 Å². The van der Waals surface area contributed by atoms with Crippen LogP contribution >= 0.6 is 0 Å². The molecule has 0 unspecified atom stereocenters. The average Bonchev–Trinajstić information content (AvgIpc) is 2.26. The average molecular weight is 250 g/mol. The number of benzene rings is 1. The minimum Gasteiger partial charge on any atom is -0.435 e.